The van der Waals surface area contributed by atoms with Crippen LogP contribution in [0.2, 0.25) is 0 Å². The molecule has 1 amide bonds. The molecule has 0 unspecified atom stereocenters. The molecule has 1 aromatic heterocycles. The van der Waals surface area contributed by atoms with Crippen LogP contribution in [-0.2, 0) is 12.0 Å². The van der Waals surface area contributed by atoms with E-state index in [9.17, 15) is 9.18 Å². The predicted octanol–water partition coefficient (Wildman–Crippen LogP) is 2.46. The Morgan fingerprint density at radius 3 is 3.08 bits per heavy atom. The second-order valence-corrected chi connectivity index (χ2v) is 6.74. The van der Waals surface area contributed by atoms with Gasteiger partial charge in [0, 0.05) is 25.6 Å². The van der Waals surface area contributed by atoms with Crippen LogP contribution in [-0.4, -0.2) is 41.1 Å². The van der Waals surface area contributed by atoms with Gasteiger partial charge in [-0.05, 0) is 37.1 Å². The number of carbonyl (C=O) groups excluding carboxylic acids is 1. The smallest absolute Gasteiger partial charge is 0.254 e. The summed E-state index contributed by atoms with van der Waals surface area (Å²) in [6.45, 7) is 4.63. The van der Waals surface area contributed by atoms with Crippen LogP contribution in [0.5, 0.6) is 0 Å². The molecule has 5 nitrogen and oxygen atoms in total. The molecule has 2 aromatic rings. The Balaban J connectivity index is 1.79. The van der Waals surface area contributed by atoms with Crippen molar-refractivity contribution in [1.82, 2.24) is 20.4 Å². The fraction of sp³-hybridized carbons (Fsp3) is 0.444. The number of nitrogens with one attached hydrogen (secondary N) is 2. The molecule has 0 radical (unpaired) electrons. The molecule has 1 aliphatic heterocycles. The van der Waals surface area contributed by atoms with E-state index >= 15 is 0 Å². The first kappa shape index (κ1) is 16.6. The molecule has 2 N–H and O–H groups in total. The minimum Gasteiger partial charge on any atom is -0.355 e. The van der Waals surface area contributed by atoms with Gasteiger partial charge in [0.1, 0.15) is 5.82 Å². The summed E-state index contributed by atoms with van der Waals surface area (Å²) in [6, 6.07) is 6.73. The summed E-state index contributed by atoms with van der Waals surface area (Å²) in [5, 5.41) is 9.77. The van der Waals surface area contributed by atoms with E-state index in [1.165, 1.54) is 6.07 Å². The largest absolute Gasteiger partial charge is 0.355 e. The zero-order valence-electron chi connectivity index (χ0n) is 14.1. The first-order valence-electron chi connectivity index (χ1n) is 8.24. The molecule has 1 aromatic carbocycles. The molecular formula is C18H23FN4O. The maximum absolute atomic E-state index is 13.4. The number of rotatable bonds is 4. The van der Waals surface area contributed by atoms with Gasteiger partial charge in [-0.1, -0.05) is 19.1 Å². The highest BCUT2D eigenvalue weighted by Crippen LogP contribution is 2.34. The van der Waals surface area contributed by atoms with Gasteiger partial charge in [-0.3, -0.25) is 14.8 Å². The van der Waals surface area contributed by atoms with Crippen molar-refractivity contribution in [3.63, 3.8) is 0 Å². The molecule has 0 spiro atoms. The van der Waals surface area contributed by atoms with Crippen LogP contribution in [0, 0.1) is 5.82 Å². The number of piperidine rings is 1. The van der Waals surface area contributed by atoms with Crippen molar-refractivity contribution >= 4 is 5.91 Å². The fourth-order valence-electron chi connectivity index (χ4n) is 3.63. The van der Waals surface area contributed by atoms with Gasteiger partial charge in [0.25, 0.3) is 5.91 Å². The number of benzene rings is 1. The number of hydrogen-bond donors (Lipinski definition) is 2. The summed E-state index contributed by atoms with van der Waals surface area (Å²) >= 11 is 0. The maximum Gasteiger partial charge on any atom is 0.254 e. The van der Waals surface area contributed by atoms with Crippen molar-refractivity contribution < 1.29 is 9.18 Å². The lowest BCUT2D eigenvalue weighted by molar-refractivity contribution is 0.0955. The Bertz CT molecular complexity index is 729. The van der Waals surface area contributed by atoms with E-state index in [-0.39, 0.29) is 17.1 Å². The SMILES string of the molecule is CNC(=O)c1cn[nH]c1[C@]1(C)CCCN(Cc2cccc(F)c2)C1. The number of nitrogens with zero attached hydrogens (tertiary/aromatic N) is 2. The zero-order valence-corrected chi connectivity index (χ0v) is 14.1. The van der Waals surface area contributed by atoms with E-state index in [2.05, 4.69) is 27.3 Å². The van der Waals surface area contributed by atoms with Gasteiger partial charge in [-0.2, -0.15) is 5.10 Å². The van der Waals surface area contributed by atoms with Gasteiger partial charge in [0.15, 0.2) is 0 Å². The van der Waals surface area contributed by atoms with Gasteiger partial charge >= 0.3 is 0 Å². The second-order valence-electron chi connectivity index (χ2n) is 6.74. The summed E-state index contributed by atoms with van der Waals surface area (Å²) < 4.78 is 13.4. The minimum atomic E-state index is -0.206. The molecule has 1 aliphatic rings. The van der Waals surface area contributed by atoms with Crippen molar-refractivity contribution in [3.8, 4) is 0 Å². The van der Waals surface area contributed by atoms with Crippen molar-refractivity contribution in [1.29, 1.82) is 0 Å². The molecule has 6 heteroatoms. The van der Waals surface area contributed by atoms with Gasteiger partial charge < -0.3 is 5.32 Å². The Labute approximate surface area is 141 Å². The topological polar surface area (TPSA) is 61.0 Å². The molecule has 3 rings (SSSR count). The highest BCUT2D eigenvalue weighted by molar-refractivity contribution is 5.95. The van der Waals surface area contributed by atoms with Gasteiger partial charge in [-0.25, -0.2) is 4.39 Å². The second kappa shape index (κ2) is 6.73. The molecular weight excluding hydrogens is 307 g/mol. The first-order valence-corrected chi connectivity index (χ1v) is 8.24. The summed E-state index contributed by atoms with van der Waals surface area (Å²) in [6.07, 6.45) is 3.60. The number of H-pyrrole nitrogens is 1. The van der Waals surface area contributed by atoms with Crippen LogP contribution in [0.1, 0.15) is 41.4 Å². The van der Waals surface area contributed by atoms with E-state index in [0.717, 1.165) is 37.2 Å². The van der Waals surface area contributed by atoms with Crippen LogP contribution < -0.4 is 5.32 Å². The Morgan fingerprint density at radius 2 is 2.33 bits per heavy atom. The molecule has 1 atom stereocenters. The third-order valence-electron chi connectivity index (χ3n) is 4.79. The van der Waals surface area contributed by atoms with Crippen LogP contribution in [0.15, 0.2) is 30.5 Å². The zero-order chi connectivity index (χ0) is 17.2. The van der Waals surface area contributed by atoms with E-state index in [1.54, 1.807) is 25.4 Å². The van der Waals surface area contributed by atoms with Gasteiger partial charge in [0.2, 0.25) is 0 Å². The van der Waals surface area contributed by atoms with Crippen molar-refractivity contribution in [2.45, 2.75) is 31.7 Å². The Morgan fingerprint density at radius 1 is 1.50 bits per heavy atom. The predicted molar refractivity (Wildman–Crippen MR) is 90.2 cm³/mol. The third kappa shape index (κ3) is 3.33. The average molecular weight is 330 g/mol. The number of aromatic amines is 1. The lowest BCUT2D eigenvalue weighted by Gasteiger charge is -2.40. The quantitative estimate of drug-likeness (QED) is 0.905. The van der Waals surface area contributed by atoms with Crippen LogP contribution in [0.4, 0.5) is 4.39 Å². The maximum atomic E-state index is 13.4. The summed E-state index contributed by atoms with van der Waals surface area (Å²) in [5.41, 5.74) is 2.28. The first-order chi connectivity index (χ1) is 11.5. The Kier molecular flexibility index (Phi) is 4.66. The number of hydrogen-bond acceptors (Lipinski definition) is 3. The molecule has 1 fully saturated rings. The number of amides is 1. The van der Waals surface area contributed by atoms with Crippen LogP contribution >= 0.6 is 0 Å². The van der Waals surface area contributed by atoms with Gasteiger partial charge in [-0.15, -0.1) is 0 Å². The highest BCUT2D eigenvalue weighted by atomic mass is 19.1. The molecule has 128 valence electrons. The van der Waals surface area contributed by atoms with Gasteiger partial charge in [0.05, 0.1) is 17.5 Å². The van der Waals surface area contributed by atoms with E-state index in [4.69, 9.17) is 0 Å². The van der Waals surface area contributed by atoms with Crippen molar-refractivity contribution in [2.24, 2.45) is 0 Å². The summed E-state index contributed by atoms with van der Waals surface area (Å²) in [5.74, 6) is -0.329. The van der Waals surface area contributed by atoms with Crippen molar-refractivity contribution in [3.05, 3.63) is 53.1 Å². The number of aromatic nitrogens is 2. The monoisotopic (exact) mass is 330 g/mol. The molecule has 24 heavy (non-hydrogen) atoms. The summed E-state index contributed by atoms with van der Waals surface area (Å²) in [4.78, 5) is 14.4. The number of carbonyl (C=O) groups is 1. The molecule has 0 bridgehead atoms. The minimum absolute atomic E-state index is 0.123. The Hall–Kier alpha value is -2.21. The highest BCUT2D eigenvalue weighted by Gasteiger charge is 2.36. The van der Waals surface area contributed by atoms with Crippen LogP contribution in [0.25, 0.3) is 0 Å². The lowest BCUT2D eigenvalue weighted by Crippen LogP contribution is -2.45. The summed E-state index contributed by atoms with van der Waals surface area (Å²) in [7, 11) is 1.62. The average Bonchev–Trinajstić information content (AvgIpc) is 3.05. The van der Waals surface area contributed by atoms with E-state index in [0.29, 0.717) is 12.1 Å². The molecule has 0 saturated carbocycles. The molecule has 0 aliphatic carbocycles. The number of likely N-dealkylation sites (tertiary alicyclic amines) is 1. The third-order valence-corrected chi connectivity index (χ3v) is 4.79. The van der Waals surface area contributed by atoms with E-state index < -0.39 is 0 Å². The number of halogens is 1. The normalized spacial score (nSPS) is 21.6. The molecule has 2 heterocycles. The standard InChI is InChI=1S/C18H23FN4O/c1-18(16-15(10-21-22-16)17(24)20-2)7-4-8-23(12-18)11-13-5-3-6-14(19)9-13/h3,5-6,9-10H,4,7-8,11-12H2,1-2H3,(H,20,24)(H,21,22)/t18-/m1/s1. The molecule has 1 saturated heterocycles. The van der Waals surface area contributed by atoms with E-state index in [1.807, 2.05) is 6.07 Å². The fourth-order valence-corrected chi connectivity index (χ4v) is 3.63. The lowest BCUT2D eigenvalue weighted by atomic mass is 9.77. The van der Waals surface area contributed by atoms with Crippen LogP contribution in [0.3, 0.4) is 0 Å². The van der Waals surface area contributed by atoms with Crippen molar-refractivity contribution in [2.75, 3.05) is 20.1 Å².